The summed E-state index contributed by atoms with van der Waals surface area (Å²) in [5.41, 5.74) is 2.78. The lowest BCUT2D eigenvalue weighted by Gasteiger charge is -2.26. The Bertz CT molecular complexity index is 1190. The number of rotatable bonds is 10. The second kappa shape index (κ2) is 11.8. The molecule has 0 radical (unpaired) electrons. The van der Waals surface area contributed by atoms with Gasteiger partial charge in [0.2, 0.25) is 5.91 Å². The third-order valence-electron chi connectivity index (χ3n) is 6.07. The molecule has 12 heteroatoms. The maximum atomic E-state index is 12.6. The van der Waals surface area contributed by atoms with Crippen LogP contribution in [0.5, 0.6) is 5.75 Å². The largest absolute Gasteiger partial charge is 0.491 e. The first-order valence-electron chi connectivity index (χ1n) is 12.2. The number of morpholine rings is 1. The van der Waals surface area contributed by atoms with E-state index in [0.29, 0.717) is 23.7 Å². The smallest absolute Gasteiger partial charge is 0.405 e. The molecule has 200 valence electrons. The van der Waals surface area contributed by atoms with Crippen molar-refractivity contribution >= 4 is 22.6 Å². The fourth-order valence-corrected chi connectivity index (χ4v) is 4.10. The number of ether oxygens (including phenoxy) is 2. The molecule has 0 aromatic carbocycles. The van der Waals surface area contributed by atoms with Crippen molar-refractivity contribution in [3.05, 3.63) is 36.9 Å². The zero-order chi connectivity index (χ0) is 26.4. The molecule has 3 aromatic rings. The van der Waals surface area contributed by atoms with Crippen LogP contribution in [0.25, 0.3) is 22.2 Å². The quantitative estimate of drug-likeness (QED) is 0.376. The summed E-state index contributed by atoms with van der Waals surface area (Å²) in [6, 6.07) is 2.85. The second-order valence-electron chi connectivity index (χ2n) is 9.23. The number of hydrogen-bond donors (Lipinski definition) is 3. The van der Waals surface area contributed by atoms with Crippen LogP contribution in [0.4, 0.5) is 18.9 Å². The summed E-state index contributed by atoms with van der Waals surface area (Å²) in [5.74, 6) is -0.343. The zero-order valence-corrected chi connectivity index (χ0v) is 20.8. The number of halogens is 3. The molecular formula is C25H31F3N6O3. The van der Waals surface area contributed by atoms with E-state index < -0.39 is 24.7 Å². The predicted octanol–water partition coefficient (Wildman–Crippen LogP) is 3.45. The number of nitrogens with one attached hydrogen (secondary N) is 3. The van der Waals surface area contributed by atoms with Gasteiger partial charge in [-0.2, -0.15) is 13.2 Å². The van der Waals surface area contributed by atoms with E-state index in [1.54, 1.807) is 32.3 Å². The Hall–Kier alpha value is -3.38. The molecule has 0 saturated carbocycles. The van der Waals surface area contributed by atoms with Crippen molar-refractivity contribution in [1.82, 2.24) is 25.2 Å². The van der Waals surface area contributed by atoms with E-state index in [4.69, 9.17) is 9.47 Å². The number of anilines is 1. The van der Waals surface area contributed by atoms with E-state index in [1.807, 2.05) is 17.6 Å². The van der Waals surface area contributed by atoms with Crippen LogP contribution >= 0.6 is 0 Å². The number of carbonyl (C=O) groups excluding carboxylic acids is 1. The van der Waals surface area contributed by atoms with Crippen LogP contribution in [0.3, 0.4) is 0 Å². The maximum absolute atomic E-state index is 12.6. The summed E-state index contributed by atoms with van der Waals surface area (Å²) in [4.78, 5) is 26.6. The summed E-state index contributed by atoms with van der Waals surface area (Å²) in [7, 11) is 0. The first-order chi connectivity index (χ1) is 17.7. The van der Waals surface area contributed by atoms with Crippen LogP contribution in [0, 0.1) is 5.92 Å². The number of hydrogen-bond acceptors (Lipinski definition) is 7. The summed E-state index contributed by atoms with van der Waals surface area (Å²) in [6.07, 6.45) is 2.21. The van der Waals surface area contributed by atoms with Crippen LogP contribution in [0.2, 0.25) is 0 Å². The van der Waals surface area contributed by atoms with Gasteiger partial charge in [0.15, 0.2) is 0 Å². The molecule has 9 nitrogen and oxygen atoms in total. The lowest BCUT2D eigenvalue weighted by molar-refractivity contribution is -0.139. The first-order valence-corrected chi connectivity index (χ1v) is 12.2. The average molecular weight is 521 g/mol. The monoisotopic (exact) mass is 520 g/mol. The molecule has 0 spiro atoms. The lowest BCUT2D eigenvalue weighted by atomic mass is 10.0. The number of amides is 1. The second-order valence-corrected chi connectivity index (χ2v) is 9.23. The van der Waals surface area contributed by atoms with Gasteiger partial charge in [-0.15, -0.1) is 0 Å². The minimum absolute atomic E-state index is 0.258. The van der Waals surface area contributed by atoms with Crippen molar-refractivity contribution in [1.29, 1.82) is 0 Å². The molecule has 1 aliphatic rings. The molecule has 0 aliphatic carbocycles. The third kappa shape index (κ3) is 7.32. The van der Waals surface area contributed by atoms with Crippen LogP contribution in [-0.4, -0.2) is 84.0 Å². The average Bonchev–Trinajstić information content (AvgIpc) is 3.29. The van der Waals surface area contributed by atoms with E-state index >= 15 is 0 Å². The first kappa shape index (κ1) is 26.7. The Morgan fingerprint density at radius 2 is 2.00 bits per heavy atom. The van der Waals surface area contributed by atoms with E-state index in [2.05, 4.69) is 25.2 Å². The maximum Gasteiger partial charge on any atom is 0.405 e. The van der Waals surface area contributed by atoms with Crippen LogP contribution in [-0.2, 0) is 9.53 Å². The number of fused-ring (bicyclic) bond motifs is 1. The van der Waals surface area contributed by atoms with Gasteiger partial charge in [-0.3, -0.25) is 14.7 Å². The van der Waals surface area contributed by atoms with Crippen molar-refractivity contribution < 1.29 is 27.4 Å². The van der Waals surface area contributed by atoms with Crippen molar-refractivity contribution in [2.45, 2.75) is 26.1 Å². The normalized spacial score (nSPS) is 15.6. The van der Waals surface area contributed by atoms with Crippen molar-refractivity contribution in [3.8, 4) is 16.9 Å². The highest BCUT2D eigenvalue weighted by molar-refractivity contribution is 5.94. The van der Waals surface area contributed by atoms with Crippen molar-refractivity contribution in [2.75, 3.05) is 51.3 Å². The molecule has 1 atom stereocenters. The van der Waals surface area contributed by atoms with Gasteiger partial charge in [0, 0.05) is 54.7 Å². The van der Waals surface area contributed by atoms with E-state index in [1.165, 1.54) is 6.20 Å². The SMILES string of the molecule is CC(C)C(Nc1cncc(-c2c[nH]c3ncc(OCCN4CCOCC4)cc23)c1)C(=O)NCC(F)(F)F. The molecule has 4 heterocycles. The highest BCUT2D eigenvalue weighted by atomic mass is 19.4. The molecule has 1 amide bonds. The Morgan fingerprint density at radius 1 is 1.22 bits per heavy atom. The van der Waals surface area contributed by atoms with Gasteiger partial charge < -0.3 is 25.1 Å². The minimum atomic E-state index is -4.48. The number of carbonyl (C=O) groups is 1. The van der Waals surface area contributed by atoms with Crippen LogP contribution in [0.15, 0.2) is 36.9 Å². The fourth-order valence-electron chi connectivity index (χ4n) is 4.10. The van der Waals surface area contributed by atoms with Crippen molar-refractivity contribution in [3.63, 3.8) is 0 Å². The van der Waals surface area contributed by atoms with Gasteiger partial charge in [-0.05, 0) is 18.1 Å². The van der Waals surface area contributed by atoms with Gasteiger partial charge in [0.1, 0.15) is 30.6 Å². The van der Waals surface area contributed by atoms with Gasteiger partial charge in [0.25, 0.3) is 0 Å². The molecule has 1 unspecified atom stereocenters. The number of alkyl halides is 3. The Labute approximate surface area is 212 Å². The topological polar surface area (TPSA) is 104 Å². The third-order valence-corrected chi connectivity index (χ3v) is 6.07. The van der Waals surface area contributed by atoms with Crippen LogP contribution in [0.1, 0.15) is 13.8 Å². The number of aromatic nitrogens is 3. The Morgan fingerprint density at radius 3 is 2.73 bits per heavy atom. The highest BCUT2D eigenvalue weighted by Gasteiger charge is 2.30. The number of pyridine rings is 2. The number of nitrogens with zero attached hydrogens (tertiary/aromatic N) is 3. The summed E-state index contributed by atoms with van der Waals surface area (Å²) >= 11 is 0. The van der Waals surface area contributed by atoms with Gasteiger partial charge in [0.05, 0.1) is 25.1 Å². The molecule has 3 N–H and O–H groups in total. The van der Waals surface area contributed by atoms with Gasteiger partial charge >= 0.3 is 6.18 Å². The van der Waals surface area contributed by atoms with Gasteiger partial charge in [-0.1, -0.05) is 13.8 Å². The fraction of sp³-hybridized carbons (Fsp3) is 0.480. The minimum Gasteiger partial charge on any atom is -0.491 e. The molecular weight excluding hydrogens is 489 g/mol. The number of H-pyrrole nitrogens is 1. The van der Waals surface area contributed by atoms with Gasteiger partial charge in [-0.25, -0.2) is 4.98 Å². The summed E-state index contributed by atoms with van der Waals surface area (Å²) < 4.78 is 49.0. The van der Waals surface area contributed by atoms with E-state index in [9.17, 15) is 18.0 Å². The Kier molecular flexibility index (Phi) is 8.49. The highest BCUT2D eigenvalue weighted by Crippen LogP contribution is 2.31. The molecule has 1 aliphatic heterocycles. The molecule has 1 saturated heterocycles. The molecule has 1 fully saturated rings. The number of aromatic amines is 1. The molecule has 4 rings (SSSR count). The summed E-state index contributed by atoms with van der Waals surface area (Å²) in [5, 5.41) is 5.82. The molecule has 3 aromatic heterocycles. The molecule has 0 bridgehead atoms. The standard InChI is InChI=1S/C25H31F3N6O3/c1-16(2)22(24(35)32-15-25(26,27)28)33-18-9-17(11-29-12-18)21-14-31-23-20(21)10-19(13-30-23)37-8-5-34-3-6-36-7-4-34/h9-14,16,22,33H,3-8,15H2,1-2H3,(H,30,31)(H,32,35). The molecule has 37 heavy (non-hydrogen) atoms. The lowest BCUT2D eigenvalue weighted by Crippen LogP contribution is -2.46. The zero-order valence-electron chi connectivity index (χ0n) is 20.8. The Balaban J connectivity index is 1.47. The van der Waals surface area contributed by atoms with Crippen LogP contribution < -0.4 is 15.4 Å². The van der Waals surface area contributed by atoms with Crippen molar-refractivity contribution in [2.24, 2.45) is 5.92 Å². The van der Waals surface area contributed by atoms with E-state index in [-0.39, 0.29) is 5.92 Å². The predicted molar refractivity (Wildman–Crippen MR) is 133 cm³/mol. The van der Waals surface area contributed by atoms with E-state index in [0.717, 1.165) is 49.4 Å². The summed E-state index contributed by atoms with van der Waals surface area (Å²) in [6.45, 7) is 6.71.